The van der Waals surface area contributed by atoms with Crippen LogP contribution in [0.1, 0.15) is 12.8 Å². The molecule has 2 rings (SSSR count). The molecule has 0 aromatic heterocycles. The Morgan fingerprint density at radius 2 is 1.87 bits per heavy atom. The number of likely N-dealkylation sites (tertiary alicyclic amines) is 1. The average molecular weight is 232 g/mol. The van der Waals surface area contributed by atoms with E-state index >= 15 is 0 Å². The van der Waals surface area contributed by atoms with E-state index in [0.29, 0.717) is 19.5 Å². The Balaban J connectivity index is 2.20. The SMILES string of the molecule is CN1CCC2(CCN(S(C)(=O)=O)C2)C1=O. The van der Waals surface area contributed by atoms with Crippen molar-refractivity contribution in [3.8, 4) is 0 Å². The molecule has 5 nitrogen and oxygen atoms in total. The van der Waals surface area contributed by atoms with Gasteiger partial charge in [0.25, 0.3) is 0 Å². The van der Waals surface area contributed by atoms with Crippen molar-refractivity contribution in [1.82, 2.24) is 9.21 Å². The summed E-state index contributed by atoms with van der Waals surface area (Å²) in [6, 6.07) is 0. The molecule has 86 valence electrons. The van der Waals surface area contributed by atoms with Crippen LogP contribution in [-0.2, 0) is 14.8 Å². The molecule has 1 unspecified atom stereocenters. The van der Waals surface area contributed by atoms with Gasteiger partial charge in [-0.3, -0.25) is 4.79 Å². The van der Waals surface area contributed by atoms with Gasteiger partial charge in [-0.15, -0.1) is 0 Å². The first-order valence-electron chi connectivity index (χ1n) is 5.06. The Kier molecular flexibility index (Phi) is 2.31. The van der Waals surface area contributed by atoms with Gasteiger partial charge in [0.15, 0.2) is 0 Å². The van der Waals surface area contributed by atoms with Crippen LogP contribution in [0.4, 0.5) is 0 Å². The van der Waals surface area contributed by atoms with Crippen LogP contribution >= 0.6 is 0 Å². The Morgan fingerprint density at radius 1 is 1.27 bits per heavy atom. The molecule has 6 heteroatoms. The number of amides is 1. The lowest BCUT2D eigenvalue weighted by Crippen LogP contribution is -2.36. The molecule has 1 spiro atoms. The minimum absolute atomic E-state index is 0.105. The van der Waals surface area contributed by atoms with Crippen LogP contribution < -0.4 is 0 Å². The number of nitrogens with zero attached hydrogens (tertiary/aromatic N) is 2. The number of rotatable bonds is 1. The molecule has 0 aromatic carbocycles. The summed E-state index contributed by atoms with van der Waals surface area (Å²) >= 11 is 0. The van der Waals surface area contributed by atoms with Crippen molar-refractivity contribution in [3.05, 3.63) is 0 Å². The second kappa shape index (κ2) is 3.18. The van der Waals surface area contributed by atoms with E-state index in [0.717, 1.165) is 13.0 Å². The minimum Gasteiger partial charge on any atom is -0.345 e. The summed E-state index contributed by atoms with van der Waals surface area (Å²) in [5, 5.41) is 0. The second-order valence-electron chi connectivity index (χ2n) is 4.60. The zero-order valence-electron chi connectivity index (χ0n) is 9.06. The number of carbonyl (C=O) groups excluding carboxylic acids is 1. The lowest BCUT2D eigenvalue weighted by molar-refractivity contribution is -0.134. The highest BCUT2D eigenvalue weighted by Gasteiger charge is 2.51. The van der Waals surface area contributed by atoms with Crippen molar-refractivity contribution in [1.29, 1.82) is 0 Å². The third-order valence-corrected chi connectivity index (χ3v) is 4.76. The number of carbonyl (C=O) groups is 1. The van der Waals surface area contributed by atoms with Crippen LogP contribution in [0, 0.1) is 5.41 Å². The number of sulfonamides is 1. The van der Waals surface area contributed by atoms with Crippen LogP contribution in [0.2, 0.25) is 0 Å². The molecule has 0 bridgehead atoms. The molecule has 2 heterocycles. The highest BCUT2D eigenvalue weighted by molar-refractivity contribution is 7.88. The van der Waals surface area contributed by atoms with Crippen LogP contribution in [0.5, 0.6) is 0 Å². The Hall–Kier alpha value is -0.620. The van der Waals surface area contributed by atoms with Crippen LogP contribution in [0.3, 0.4) is 0 Å². The zero-order chi connectivity index (χ0) is 11.3. The first-order valence-corrected chi connectivity index (χ1v) is 6.91. The van der Waals surface area contributed by atoms with Crippen molar-refractivity contribution in [2.24, 2.45) is 5.41 Å². The summed E-state index contributed by atoms with van der Waals surface area (Å²) in [7, 11) is -1.37. The van der Waals surface area contributed by atoms with E-state index in [2.05, 4.69) is 0 Å². The van der Waals surface area contributed by atoms with Gasteiger partial charge in [0.2, 0.25) is 15.9 Å². The van der Waals surface area contributed by atoms with E-state index in [1.807, 2.05) is 0 Å². The molecule has 1 atom stereocenters. The normalized spacial score (nSPS) is 33.2. The Morgan fingerprint density at radius 3 is 2.27 bits per heavy atom. The van der Waals surface area contributed by atoms with Gasteiger partial charge in [-0.25, -0.2) is 12.7 Å². The summed E-state index contributed by atoms with van der Waals surface area (Å²) in [5.74, 6) is 0.105. The lowest BCUT2D eigenvalue weighted by Gasteiger charge is -2.21. The standard InChI is InChI=1S/C9H16N2O3S/c1-10-5-3-9(8(10)12)4-6-11(7-9)15(2,13)14/h3-7H2,1-2H3. The van der Waals surface area contributed by atoms with Gasteiger partial charge in [-0.2, -0.15) is 0 Å². The summed E-state index contributed by atoms with van der Waals surface area (Å²) in [6.07, 6.45) is 2.66. The van der Waals surface area contributed by atoms with E-state index in [4.69, 9.17) is 0 Å². The fourth-order valence-corrected chi connectivity index (χ4v) is 3.40. The monoisotopic (exact) mass is 232 g/mol. The lowest BCUT2D eigenvalue weighted by atomic mass is 9.86. The van der Waals surface area contributed by atoms with Gasteiger partial charge in [0.1, 0.15) is 0 Å². The molecule has 1 amide bonds. The van der Waals surface area contributed by atoms with E-state index in [1.165, 1.54) is 10.6 Å². The fourth-order valence-electron chi connectivity index (χ4n) is 2.49. The molecular weight excluding hydrogens is 216 g/mol. The van der Waals surface area contributed by atoms with Crippen molar-refractivity contribution in [2.75, 3.05) is 32.9 Å². The molecule has 0 radical (unpaired) electrons. The molecule has 2 saturated heterocycles. The van der Waals surface area contributed by atoms with E-state index in [-0.39, 0.29) is 5.91 Å². The molecular formula is C9H16N2O3S. The van der Waals surface area contributed by atoms with Gasteiger partial charge < -0.3 is 4.90 Å². The first kappa shape index (κ1) is 10.9. The molecule has 2 aliphatic rings. The maximum atomic E-state index is 11.9. The quantitative estimate of drug-likeness (QED) is 0.612. The highest BCUT2D eigenvalue weighted by Crippen LogP contribution is 2.40. The van der Waals surface area contributed by atoms with Gasteiger partial charge in [-0.1, -0.05) is 0 Å². The topological polar surface area (TPSA) is 57.7 Å². The summed E-state index contributed by atoms with van der Waals surface area (Å²) in [6.45, 7) is 1.60. The van der Waals surface area contributed by atoms with Crippen LogP contribution in [0.15, 0.2) is 0 Å². The van der Waals surface area contributed by atoms with Gasteiger partial charge >= 0.3 is 0 Å². The van der Waals surface area contributed by atoms with Crippen LogP contribution in [-0.4, -0.2) is 56.5 Å². The molecule has 0 aromatic rings. The fraction of sp³-hybridized carbons (Fsp3) is 0.889. The van der Waals surface area contributed by atoms with Gasteiger partial charge in [0, 0.05) is 26.7 Å². The van der Waals surface area contributed by atoms with Crippen molar-refractivity contribution in [2.45, 2.75) is 12.8 Å². The largest absolute Gasteiger partial charge is 0.345 e. The Bertz CT molecular complexity index is 392. The maximum Gasteiger partial charge on any atom is 0.229 e. The van der Waals surface area contributed by atoms with E-state index in [1.54, 1.807) is 11.9 Å². The molecule has 0 saturated carbocycles. The molecule has 15 heavy (non-hydrogen) atoms. The predicted octanol–water partition coefficient (Wildman–Crippen LogP) is -0.500. The highest BCUT2D eigenvalue weighted by atomic mass is 32.2. The first-order chi connectivity index (χ1) is 6.85. The zero-order valence-corrected chi connectivity index (χ0v) is 9.88. The van der Waals surface area contributed by atoms with Crippen LogP contribution in [0.25, 0.3) is 0 Å². The third kappa shape index (κ3) is 1.65. The van der Waals surface area contributed by atoms with Crippen molar-refractivity contribution in [3.63, 3.8) is 0 Å². The maximum absolute atomic E-state index is 11.9. The Labute approximate surface area is 90.1 Å². The average Bonchev–Trinajstić information content (AvgIpc) is 2.67. The molecule has 0 aliphatic carbocycles. The minimum atomic E-state index is -3.14. The molecule has 2 fully saturated rings. The van der Waals surface area contributed by atoms with E-state index < -0.39 is 15.4 Å². The van der Waals surface area contributed by atoms with Gasteiger partial charge in [-0.05, 0) is 12.8 Å². The number of hydrogen-bond acceptors (Lipinski definition) is 3. The predicted molar refractivity (Wildman–Crippen MR) is 55.7 cm³/mol. The van der Waals surface area contributed by atoms with E-state index in [9.17, 15) is 13.2 Å². The third-order valence-electron chi connectivity index (χ3n) is 3.51. The second-order valence-corrected chi connectivity index (χ2v) is 6.59. The number of hydrogen-bond donors (Lipinski definition) is 0. The van der Waals surface area contributed by atoms with Gasteiger partial charge in [0.05, 0.1) is 11.7 Å². The summed E-state index contributed by atoms with van der Waals surface area (Å²) < 4.78 is 24.1. The molecule has 0 N–H and O–H groups in total. The smallest absolute Gasteiger partial charge is 0.229 e. The van der Waals surface area contributed by atoms with Crippen molar-refractivity contribution >= 4 is 15.9 Å². The summed E-state index contributed by atoms with van der Waals surface area (Å²) in [4.78, 5) is 13.6. The molecule has 2 aliphatic heterocycles. The summed E-state index contributed by atoms with van der Waals surface area (Å²) in [5.41, 5.74) is -0.419. The van der Waals surface area contributed by atoms with Crippen molar-refractivity contribution < 1.29 is 13.2 Å².